The van der Waals surface area contributed by atoms with Crippen molar-refractivity contribution in [3.63, 3.8) is 0 Å². The van der Waals surface area contributed by atoms with Crippen molar-refractivity contribution in [2.45, 2.75) is 37.6 Å². The van der Waals surface area contributed by atoms with Crippen molar-refractivity contribution in [1.82, 2.24) is 10.2 Å². The second-order valence-corrected chi connectivity index (χ2v) is 6.85. The number of benzene rings is 1. The molecule has 4 heteroatoms. The van der Waals surface area contributed by atoms with Crippen molar-refractivity contribution in [2.75, 3.05) is 25.9 Å². The van der Waals surface area contributed by atoms with Gasteiger partial charge in [-0.05, 0) is 76.2 Å². The Morgan fingerprint density at radius 1 is 1.29 bits per heavy atom. The molecular formula is C17H26N2OS. The lowest BCUT2D eigenvalue weighted by atomic mass is 9.96. The first-order valence-electron chi connectivity index (χ1n) is 7.77. The summed E-state index contributed by atoms with van der Waals surface area (Å²) in [7, 11) is 0. The van der Waals surface area contributed by atoms with Gasteiger partial charge in [0.15, 0.2) is 0 Å². The molecule has 1 heterocycles. The Morgan fingerprint density at radius 3 is 2.43 bits per heavy atom. The van der Waals surface area contributed by atoms with Gasteiger partial charge >= 0.3 is 0 Å². The number of rotatable bonds is 5. The maximum absolute atomic E-state index is 12.8. The van der Waals surface area contributed by atoms with E-state index in [0.29, 0.717) is 5.92 Å². The Balaban J connectivity index is 2.06. The summed E-state index contributed by atoms with van der Waals surface area (Å²) >= 11 is 1.70. The zero-order chi connectivity index (χ0) is 15.2. The molecule has 0 unspecified atom stereocenters. The summed E-state index contributed by atoms with van der Waals surface area (Å²) in [6.45, 7) is 7.24. The Bertz CT molecular complexity index is 452. The SMILES string of the molecule is CSc1ccc(C(=O)N(CC2CCNCC2)C(C)C)cc1. The van der Waals surface area contributed by atoms with Crippen molar-refractivity contribution in [2.24, 2.45) is 5.92 Å². The summed E-state index contributed by atoms with van der Waals surface area (Å²) in [5.41, 5.74) is 0.801. The fourth-order valence-corrected chi connectivity index (χ4v) is 3.18. The van der Waals surface area contributed by atoms with E-state index in [1.54, 1.807) is 11.8 Å². The zero-order valence-corrected chi connectivity index (χ0v) is 14.1. The summed E-state index contributed by atoms with van der Waals surface area (Å²) in [6, 6.07) is 8.20. The second-order valence-electron chi connectivity index (χ2n) is 5.97. The maximum atomic E-state index is 12.8. The monoisotopic (exact) mass is 306 g/mol. The number of nitrogens with zero attached hydrogens (tertiary/aromatic N) is 1. The Hall–Kier alpha value is -1.00. The van der Waals surface area contributed by atoms with Gasteiger partial charge in [0.05, 0.1) is 0 Å². The summed E-state index contributed by atoms with van der Waals surface area (Å²) < 4.78 is 0. The van der Waals surface area contributed by atoms with Crippen LogP contribution in [0.1, 0.15) is 37.0 Å². The molecule has 1 saturated heterocycles. The highest BCUT2D eigenvalue weighted by molar-refractivity contribution is 7.98. The molecule has 0 saturated carbocycles. The van der Waals surface area contributed by atoms with Crippen molar-refractivity contribution >= 4 is 17.7 Å². The van der Waals surface area contributed by atoms with Crippen molar-refractivity contribution in [1.29, 1.82) is 0 Å². The third-order valence-corrected chi connectivity index (χ3v) is 4.88. The van der Waals surface area contributed by atoms with Crippen molar-refractivity contribution in [3.8, 4) is 0 Å². The van der Waals surface area contributed by atoms with Gasteiger partial charge in [-0.25, -0.2) is 0 Å². The molecule has 0 atom stereocenters. The number of amides is 1. The van der Waals surface area contributed by atoms with Crippen LogP contribution in [0.25, 0.3) is 0 Å². The Kier molecular flexibility index (Phi) is 6.12. The standard InChI is InChI=1S/C17H26N2OS/c1-13(2)19(12-14-8-10-18-11-9-14)17(20)15-4-6-16(21-3)7-5-15/h4-7,13-14,18H,8-12H2,1-3H3. The third-order valence-electron chi connectivity index (χ3n) is 4.13. The molecule has 3 nitrogen and oxygen atoms in total. The van der Waals surface area contributed by atoms with Gasteiger partial charge in [-0.2, -0.15) is 0 Å². The highest BCUT2D eigenvalue weighted by atomic mass is 32.2. The minimum Gasteiger partial charge on any atom is -0.336 e. The lowest BCUT2D eigenvalue weighted by Crippen LogP contribution is -2.42. The lowest BCUT2D eigenvalue weighted by Gasteiger charge is -2.33. The van der Waals surface area contributed by atoms with Gasteiger partial charge in [-0.1, -0.05) is 0 Å². The molecule has 1 amide bonds. The average molecular weight is 306 g/mol. The van der Waals surface area contributed by atoms with Crippen LogP contribution in [0, 0.1) is 5.92 Å². The van der Waals surface area contributed by atoms with Crippen LogP contribution in [-0.4, -0.2) is 42.7 Å². The fourth-order valence-electron chi connectivity index (χ4n) is 2.77. The van der Waals surface area contributed by atoms with Gasteiger partial charge in [-0.15, -0.1) is 11.8 Å². The molecule has 21 heavy (non-hydrogen) atoms. The van der Waals surface area contributed by atoms with E-state index >= 15 is 0 Å². The Labute approximate surface area is 132 Å². The molecule has 1 aromatic rings. The highest BCUT2D eigenvalue weighted by Gasteiger charge is 2.23. The van der Waals surface area contributed by atoms with Crippen LogP contribution in [0.2, 0.25) is 0 Å². The maximum Gasteiger partial charge on any atom is 0.254 e. The summed E-state index contributed by atoms with van der Waals surface area (Å²) in [5.74, 6) is 0.791. The second kappa shape index (κ2) is 7.85. The summed E-state index contributed by atoms with van der Waals surface area (Å²) in [6.07, 6.45) is 4.39. The Morgan fingerprint density at radius 2 is 1.90 bits per heavy atom. The van der Waals surface area contributed by atoms with E-state index in [9.17, 15) is 4.79 Å². The fraction of sp³-hybridized carbons (Fsp3) is 0.588. The first-order chi connectivity index (χ1) is 10.1. The highest BCUT2D eigenvalue weighted by Crippen LogP contribution is 2.19. The van der Waals surface area contributed by atoms with E-state index in [1.165, 1.54) is 17.7 Å². The number of hydrogen-bond donors (Lipinski definition) is 1. The van der Waals surface area contributed by atoms with Crippen molar-refractivity contribution in [3.05, 3.63) is 29.8 Å². The first-order valence-corrected chi connectivity index (χ1v) is 9.00. The molecular weight excluding hydrogens is 280 g/mol. The van der Waals surface area contributed by atoms with E-state index in [2.05, 4.69) is 19.2 Å². The van der Waals surface area contributed by atoms with E-state index in [0.717, 1.165) is 25.2 Å². The molecule has 1 aromatic carbocycles. The van der Waals surface area contributed by atoms with Crippen molar-refractivity contribution < 1.29 is 4.79 Å². The molecule has 1 fully saturated rings. The predicted molar refractivity (Wildman–Crippen MR) is 90.0 cm³/mol. The van der Waals surface area contributed by atoms with Crippen LogP contribution in [0.4, 0.5) is 0 Å². The van der Waals surface area contributed by atoms with Gasteiger partial charge in [0.2, 0.25) is 0 Å². The molecule has 0 aliphatic carbocycles. The van der Waals surface area contributed by atoms with Crippen LogP contribution in [-0.2, 0) is 0 Å². The molecule has 1 aliphatic heterocycles. The topological polar surface area (TPSA) is 32.3 Å². The normalized spacial score (nSPS) is 16.2. The van der Waals surface area contributed by atoms with Crippen LogP contribution < -0.4 is 5.32 Å². The van der Waals surface area contributed by atoms with Gasteiger partial charge in [-0.3, -0.25) is 4.79 Å². The van der Waals surface area contributed by atoms with Gasteiger partial charge < -0.3 is 10.2 Å². The molecule has 0 spiro atoms. The number of nitrogens with one attached hydrogen (secondary N) is 1. The molecule has 1 N–H and O–H groups in total. The molecule has 2 rings (SSSR count). The van der Waals surface area contributed by atoms with E-state index in [4.69, 9.17) is 0 Å². The molecule has 1 aliphatic rings. The van der Waals surface area contributed by atoms with Gasteiger partial charge in [0.25, 0.3) is 5.91 Å². The van der Waals surface area contributed by atoms with E-state index in [1.807, 2.05) is 35.4 Å². The minimum absolute atomic E-state index is 0.163. The third kappa shape index (κ3) is 4.48. The number of thioether (sulfide) groups is 1. The predicted octanol–water partition coefficient (Wildman–Crippen LogP) is 3.26. The molecule has 0 bridgehead atoms. The van der Waals surface area contributed by atoms with Crippen LogP contribution in [0.3, 0.4) is 0 Å². The number of carbonyl (C=O) groups is 1. The van der Waals surface area contributed by atoms with Gasteiger partial charge in [0, 0.05) is 23.0 Å². The minimum atomic E-state index is 0.163. The zero-order valence-electron chi connectivity index (χ0n) is 13.3. The first kappa shape index (κ1) is 16.4. The van der Waals surface area contributed by atoms with Crippen LogP contribution >= 0.6 is 11.8 Å². The summed E-state index contributed by atoms with van der Waals surface area (Å²) in [4.78, 5) is 16.0. The molecule has 116 valence electrons. The van der Waals surface area contributed by atoms with E-state index in [-0.39, 0.29) is 11.9 Å². The summed E-state index contributed by atoms with van der Waals surface area (Å²) in [5, 5.41) is 3.38. The van der Waals surface area contributed by atoms with Crippen LogP contribution in [0.15, 0.2) is 29.2 Å². The largest absolute Gasteiger partial charge is 0.336 e. The molecule has 0 aromatic heterocycles. The number of carbonyl (C=O) groups excluding carboxylic acids is 1. The lowest BCUT2D eigenvalue weighted by molar-refractivity contribution is 0.0658. The quantitative estimate of drug-likeness (QED) is 0.848. The smallest absolute Gasteiger partial charge is 0.254 e. The average Bonchev–Trinajstić information content (AvgIpc) is 2.53. The van der Waals surface area contributed by atoms with Crippen LogP contribution in [0.5, 0.6) is 0 Å². The number of hydrogen-bond acceptors (Lipinski definition) is 3. The number of piperidine rings is 1. The van der Waals surface area contributed by atoms with Gasteiger partial charge in [0.1, 0.15) is 0 Å². The molecule has 0 radical (unpaired) electrons. The van der Waals surface area contributed by atoms with E-state index < -0.39 is 0 Å².